The van der Waals surface area contributed by atoms with Crippen LogP contribution in [0.15, 0.2) is 4.90 Å². The Balaban J connectivity index is 3.03. The van der Waals surface area contributed by atoms with Gasteiger partial charge in [-0.1, -0.05) is 46.4 Å². The van der Waals surface area contributed by atoms with E-state index >= 15 is 0 Å². The zero-order valence-electron chi connectivity index (χ0n) is 9.07. The standard InChI is InChI=1S/C11H8Cl5NS/c12-3-1-2-4-18-11-9(15)7(13)6(5-17)8(14)10(11)16/h1-4H2. The fourth-order valence-electron chi connectivity index (χ4n) is 1.21. The van der Waals surface area contributed by atoms with Gasteiger partial charge in [-0.25, -0.2) is 0 Å². The van der Waals surface area contributed by atoms with Gasteiger partial charge in [0.2, 0.25) is 0 Å². The Morgan fingerprint density at radius 2 is 1.50 bits per heavy atom. The molecule has 1 aromatic rings. The lowest BCUT2D eigenvalue weighted by Crippen LogP contribution is -1.90. The Kier molecular flexibility index (Phi) is 7.31. The van der Waals surface area contributed by atoms with E-state index in [9.17, 15) is 0 Å². The first-order valence-corrected chi connectivity index (χ1v) is 8.02. The lowest BCUT2D eigenvalue weighted by molar-refractivity contribution is 0.903. The highest BCUT2D eigenvalue weighted by atomic mass is 35.5. The summed E-state index contributed by atoms with van der Waals surface area (Å²) in [5.74, 6) is 1.43. The fourth-order valence-corrected chi connectivity index (χ4v) is 3.78. The van der Waals surface area contributed by atoms with E-state index < -0.39 is 0 Å². The molecule has 0 unspecified atom stereocenters. The van der Waals surface area contributed by atoms with Crippen LogP contribution in [0.25, 0.3) is 0 Å². The molecule has 0 fully saturated rings. The molecule has 0 aliphatic heterocycles. The maximum Gasteiger partial charge on any atom is 0.102 e. The summed E-state index contributed by atoms with van der Waals surface area (Å²) in [7, 11) is 0. The second-order valence-corrected chi connectivity index (χ2v) is 6.31. The van der Waals surface area contributed by atoms with Crippen LogP contribution < -0.4 is 0 Å². The molecule has 0 heterocycles. The van der Waals surface area contributed by atoms with Crippen molar-refractivity contribution in [3.63, 3.8) is 0 Å². The smallest absolute Gasteiger partial charge is 0.102 e. The quantitative estimate of drug-likeness (QED) is 0.266. The van der Waals surface area contributed by atoms with Crippen LogP contribution in [0, 0.1) is 11.3 Å². The van der Waals surface area contributed by atoms with Crippen LogP contribution in [0.2, 0.25) is 20.1 Å². The summed E-state index contributed by atoms with van der Waals surface area (Å²) in [4.78, 5) is 0.613. The van der Waals surface area contributed by atoms with Crippen molar-refractivity contribution in [3.05, 3.63) is 25.7 Å². The molecule has 0 aliphatic rings. The number of benzene rings is 1. The molecule has 0 spiro atoms. The van der Waals surface area contributed by atoms with Crippen LogP contribution in [-0.2, 0) is 0 Å². The summed E-state index contributed by atoms with van der Waals surface area (Å²) in [6, 6.07) is 1.89. The Bertz CT molecular complexity index is 454. The summed E-state index contributed by atoms with van der Waals surface area (Å²) >= 11 is 31.2. The largest absolute Gasteiger partial charge is 0.192 e. The average Bonchev–Trinajstić information content (AvgIpc) is 2.36. The third kappa shape index (κ3) is 3.76. The molecule has 7 heteroatoms. The third-order valence-electron chi connectivity index (χ3n) is 2.11. The van der Waals surface area contributed by atoms with Gasteiger partial charge in [-0.3, -0.25) is 0 Å². The maximum absolute atomic E-state index is 8.93. The lowest BCUT2D eigenvalue weighted by Gasteiger charge is -2.11. The summed E-state index contributed by atoms with van der Waals surface area (Å²) in [6.07, 6.45) is 1.86. The Labute approximate surface area is 135 Å². The molecule has 98 valence electrons. The molecule has 0 saturated carbocycles. The Morgan fingerprint density at radius 3 is 1.94 bits per heavy atom. The van der Waals surface area contributed by atoms with Crippen molar-refractivity contribution in [3.8, 4) is 6.07 Å². The van der Waals surface area contributed by atoms with E-state index in [1.807, 2.05) is 6.07 Å². The average molecular weight is 364 g/mol. The number of unbranched alkanes of at least 4 members (excludes halogenated alkanes) is 1. The van der Waals surface area contributed by atoms with E-state index in [4.69, 9.17) is 63.3 Å². The molecule has 0 atom stereocenters. The van der Waals surface area contributed by atoms with E-state index in [0.717, 1.165) is 18.6 Å². The van der Waals surface area contributed by atoms with Gasteiger partial charge in [-0.05, 0) is 18.6 Å². The molecule has 0 saturated heterocycles. The first-order valence-electron chi connectivity index (χ1n) is 4.99. The summed E-state index contributed by atoms with van der Waals surface area (Å²) in [5.41, 5.74) is 0.110. The first kappa shape index (κ1) is 16.6. The molecule has 0 radical (unpaired) electrons. The molecular weight excluding hydrogens is 355 g/mol. The molecule has 1 nitrogen and oxygen atoms in total. The SMILES string of the molecule is N#Cc1c(Cl)c(Cl)c(SCCCCCl)c(Cl)c1Cl. The Hall–Kier alpha value is 0.510. The van der Waals surface area contributed by atoms with Crippen LogP contribution in [0.1, 0.15) is 18.4 Å². The van der Waals surface area contributed by atoms with Crippen LogP contribution in [0.5, 0.6) is 0 Å². The van der Waals surface area contributed by atoms with Crippen molar-refractivity contribution < 1.29 is 0 Å². The van der Waals surface area contributed by atoms with Gasteiger partial charge in [0, 0.05) is 10.8 Å². The van der Waals surface area contributed by atoms with Gasteiger partial charge in [0.25, 0.3) is 0 Å². The first-order chi connectivity index (χ1) is 8.54. The van der Waals surface area contributed by atoms with Crippen molar-refractivity contribution >= 4 is 69.8 Å². The number of rotatable bonds is 5. The molecule has 1 aromatic carbocycles. The number of nitriles is 1. The van der Waals surface area contributed by atoms with Gasteiger partial charge in [-0.2, -0.15) is 5.26 Å². The molecular formula is C11H8Cl5NS. The van der Waals surface area contributed by atoms with E-state index in [0.29, 0.717) is 10.8 Å². The number of halogens is 5. The van der Waals surface area contributed by atoms with Gasteiger partial charge in [0.05, 0.1) is 25.7 Å². The molecule has 0 amide bonds. The number of hydrogen-bond acceptors (Lipinski definition) is 2. The lowest BCUT2D eigenvalue weighted by atomic mass is 10.2. The van der Waals surface area contributed by atoms with E-state index in [-0.39, 0.29) is 25.7 Å². The minimum atomic E-state index is 0.110. The zero-order valence-corrected chi connectivity index (χ0v) is 13.7. The van der Waals surface area contributed by atoms with E-state index in [1.165, 1.54) is 11.8 Å². The predicted molar refractivity (Wildman–Crippen MR) is 81.9 cm³/mol. The number of hydrogen-bond donors (Lipinski definition) is 0. The van der Waals surface area contributed by atoms with Crippen LogP contribution in [0.3, 0.4) is 0 Å². The molecule has 0 N–H and O–H groups in total. The highest BCUT2D eigenvalue weighted by Crippen LogP contribution is 2.45. The van der Waals surface area contributed by atoms with E-state index in [1.54, 1.807) is 0 Å². The van der Waals surface area contributed by atoms with Crippen molar-refractivity contribution in [2.75, 3.05) is 11.6 Å². The summed E-state index contributed by atoms with van der Waals surface area (Å²) in [6.45, 7) is 0. The minimum absolute atomic E-state index is 0.110. The van der Waals surface area contributed by atoms with Gasteiger partial charge in [0.1, 0.15) is 6.07 Å². The van der Waals surface area contributed by atoms with Crippen molar-refractivity contribution in [1.82, 2.24) is 0 Å². The predicted octanol–water partition coefficient (Wildman–Crippen LogP) is 6.28. The molecule has 0 bridgehead atoms. The van der Waals surface area contributed by atoms with E-state index in [2.05, 4.69) is 0 Å². The molecule has 1 rings (SSSR count). The number of alkyl halides is 1. The van der Waals surface area contributed by atoms with Crippen molar-refractivity contribution in [1.29, 1.82) is 5.26 Å². The normalized spacial score (nSPS) is 10.4. The van der Waals surface area contributed by atoms with Crippen molar-refractivity contribution in [2.45, 2.75) is 17.7 Å². The van der Waals surface area contributed by atoms with Gasteiger partial charge in [0.15, 0.2) is 0 Å². The molecule has 18 heavy (non-hydrogen) atoms. The summed E-state index contributed by atoms with van der Waals surface area (Å²) in [5, 5.41) is 9.77. The second-order valence-electron chi connectivity index (χ2n) is 3.32. The fraction of sp³-hybridized carbons (Fsp3) is 0.364. The molecule has 0 aliphatic carbocycles. The van der Waals surface area contributed by atoms with Gasteiger partial charge >= 0.3 is 0 Å². The van der Waals surface area contributed by atoms with Crippen LogP contribution in [-0.4, -0.2) is 11.6 Å². The van der Waals surface area contributed by atoms with Gasteiger partial charge in [-0.15, -0.1) is 23.4 Å². The Morgan fingerprint density at radius 1 is 0.944 bits per heavy atom. The summed E-state index contributed by atoms with van der Waals surface area (Å²) < 4.78 is 0. The van der Waals surface area contributed by atoms with Gasteiger partial charge < -0.3 is 0 Å². The number of nitrogens with zero attached hydrogens (tertiary/aromatic N) is 1. The number of thioether (sulfide) groups is 1. The topological polar surface area (TPSA) is 23.8 Å². The zero-order chi connectivity index (χ0) is 13.7. The second kappa shape index (κ2) is 7.94. The monoisotopic (exact) mass is 361 g/mol. The maximum atomic E-state index is 8.93. The van der Waals surface area contributed by atoms with Crippen molar-refractivity contribution in [2.24, 2.45) is 0 Å². The highest BCUT2D eigenvalue weighted by Gasteiger charge is 2.20. The van der Waals surface area contributed by atoms with Crippen LogP contribution >= 0.6 is 69.8 Å². The molecule has 0 aromatic heterocycles. The van der Waals surface area contributed by atoms with Crippen LogP contribution in [0.4, 0.5) is 0 Å². The highest BCUT2D eigenvalue weighted by molar-refractivity contribution is 7.99. The third-order valence-corrected chi connectivity index (χ3v) is 5.50. The minimum Gasteiger partial charge on any atom is -0.192 e.